The molecule has 0 aromatic rings. The Balaban J connectivity index is 2.99. The molecular weight excluding hydrogens is 352 g/mol. The zero-order valence-corrected chi connectivity index (χ0v) is 16.1. The average molecular weight is 385 g/mol. The van der Waals surface area contributed by atoms with Crippen molar-refractivity contribution in [1.82, 2.24) is 0 Å². The number of esters is 1. The summed E-state index contributed by atoms with van der Waals surface area (Å²) in [4.78, 5) is 10.8. The number of halogens is 1. The van der Waals surface area contributed by atoms with E-state index in [1.54, 1.807) is 0 Å². The normalized spacial score (nSPS) is 11.0. The zero-order valence-electron chi connectivity index (χ0n) is 15.3. The molecule has 0 rings (SSSR count). The second-order valence-electron chi connectivity index (χ2n) is 5.18. The highest BCUT2D eigenvalue weighted by atomic mass is 35.5. The first-order valence-electron chi connectivity index (χ1n) is 8.82. The highest BCUT2D eigenvalue weighted by molar-refractivity contribution is 6.17. The largest absolute Gasteiger partial charge is 0.467 e. The number of methoxy groups -OCH3 is 1. The number of carbonyl (C=O) groups is 1. The fourth-order valence-electron chi connectivity index (χ4n) is 1.75. The van der Waals surface area contributed by atoms with Crippen LogP contribution in [0.1, 0.15) is 25.7 Å². The molecule has 0 fully saturated rings. The minimum absolute atomic E-state index is 0.0502. The Bertz CT molecular complexity index is 280. The van der Waals surface area contributed by atoms with Gasteiger partial charge in [-0.05, 0) is 12.8 Å². The molecule has 0 aliphatic heterocycles. The van der Waals surface area contributed by atoms with Crippen molar-refractivity contribution >= 4 is 17.6 Å². The lowest BCUT2D eigenvalue weighted by molar-refractivity contribution is -0.146. The van der Waals surface area contributed by atoms with Gasteiger partial charge in [-0.25, -0.2) is 4.79 Å². The molecule has 7 nitrogen and oxygen atoms in total. The van der Waals surface area contributed by atoms with Crippen molar-refractivity contribution in [3.8, 4) is 0 Å². The van der Waals surface area contributed by atoms with Crippen molar-refractivity contribution in [2.75, 3.05) is 79.1 Å². The molecule has 0 bridgehead atoms. The van der Waals surface area contributed by atoms with E-state index in [4.69, 9.17) is 35.3 Å². The van der Waals surface area contributed by atoms with Crippen molar-refractivity contribution in [2.45, 2.75) is 25.7 Å². The molecule has 0 aliphatic rings. The van der Waals surface area contributed by atoms with Crippen LogP contribution in [-0.2, 0) is 33.2 Å². The van der Waals surface area contributed by atoms with Gasteiger partial charge in [0, 0.05) is 12.5 Å². The maximum absolute atomic E-state index is 10.8. The number of ether oxygens (including phenoxy) is 6. The monoisotopic (exact) mass is 384 g/mol. The lowest BCUT2D eigenvalue weighted by Crippen LogP contribution is -2.15. The van der Waals surface area contributed by atoms with Crippen LogP contribution in [0.15, 0.2) is 0 Å². The van der Waals surface area contributed by atoms with E-state index in [0.29, 0.717) is 52.9 Å². The average Bonchev–Trinajstić information content (AvgIpc) is 2.63. The molecule has 0 aromatic carbocycles. The molecule has 0 aliphatic carbocycles. The van der Waals surface area contributed by atoms with E-state index in [0.717, 1.165) is 25.3 Å². The molecule has 0 heterocycles. The minimum atomic E-state index is -0.393. The van der Waals surface area contributed by atoms with Gasteiger partial charge in [-0.3, -0.25) is 0 Å². The van der Waals surface area contributed by atoms with Crippen LogP contribution in [0.4, 0.5) is 0 Å². The van der Waals surface area contributed by atoms with Crippen LogP contribution in [0.5, 0.6) is 0 Å². The number of hydrogen-bond acceptors (Lipinski definition) is 7. The summed E-state index contributed by atoms with van der Waals surface area (Å²) < 4.78 is 31.0. The third kappa shape index (κ3) is 21.5. The molecule has 0 spiro atoms. The summed E-state index contributed by atoms with van der Waals surface area (Å²) in [6.45, 7) is 4.75. The Morgan fingerprint density at radius 3 is 1.56 bits per heavy atom. The van der Waals surface area contributed by atoms with E-state index in [9.17, 15) is 4.79 Å². The smallest absolute Gasteiger partial charge is 0.331 e. The molecule has 0 N–H and O–H groups in total. The summed E-state index contributed by atoms with van der Waals surface area (Å²) in [5, 5.41) is 0. The van der Waals surface area contributed by atoms with Gasteiger partial charge >= 0.3 is 5.97 Å². The molecule has 0 saturated heterocycles. The van der Waals surface area contributed by atoms with Crippen LogP contribution in [0.25, 0.3) is 0 Å². The van der Waals surface area contributed by atoms with E-state index in [-0.39, 0.29) is 6.61 Å². The van der Waals surface area contributed by atoms with Crippen molar-refractivity contribution in [2.24, 2.45) is 0 Å². The maximum atomic E-state index is 10.8. The maximum Gasteiger partial charge on any atom is 0.331 e. The second-order valence-corrected chi connectivity index (χ2v) is 5.56. The fourth-order valence-corrected chi connectivity index (χ4v) is 1.94. The summed E-state index contributed by atoms with van der Waals surface area (Å²) in [6.07, 6.45) is 4.50. The number of unbranched alkanes of at least 4 members (excludes halogenated alkanes) is 3. The van der Waals surface area contributed by atoms with E-state index in [2.05, 4.69) is 4.74 Å². The van der Waals surface area contributed by atoms with Gasteiger partial charge in [0.25, 0.3) is 0 Å². The Labute approximate surface area is 156 Å². The fraction of sp³-hybridized carbons (Fsp3) is 0.941. The molecule has 0 aromatic heterocycles. The molecular formula is C17H33ClO7. The Hall–Kier alpha value is -0.440. The van der Waals surface area contributed by atoms with E-state index < -0.39 is 5.97 Å². The highest BCUT2D eigenvalue weighted by Gasteiger charge is 1.99. The number of alkyl halides is 1. The van der Waals surface area contributed by atoms with Gasteiger partial charge in [0.15, 0.2) is 0 Å². The summed E-state index contributed by atoms with van der Waals surface area (Å²) in [5.74, 6) is 0.352. The zero-order chi connectivity index (χ0) is 18.4. The lowest BCUT2D eigenvalue weighted by atomic mass is 10.2. The van der Waals surface area contributed by atoms with Gasteiger partial charge in [0.1, 0.15) is 6.61 Å². The molecule has 0 saturated carbocycles. The van der Waals surface area contributed by atoms with E-state index in [1.165, 1.54) is 20.0 Å². The van der Waals surface area contributed by atoms with Gasteiger partial charge in [0.2, 0.25) is 0 Å². The first-order valence-corrected chi connectivity index (χ1v) is 9.36. The Morgan fingerprint density at radius 2 is 1.08 bits per heavy atom. The Kier molecular flexibility index (Phi) is 21.2. The van der Waals surface area contributed by atoms with Gasteiger partial charge in [0.05, 0.1) is 60.0 Å². The predicted octanol–water partition coefficient (Wildman–Crippen LogP) is 2.04. The highest BCUT2D eigenvalue weighted by Crippen LogP contribution is 2.01. The van der Waals surface area contributed by atoms with Crippen LogP contribution in [0.2, 0.25) is 0 Å². The van der Waals surface area contributed by atoms with Crippen molar-refractivity contribution in [3.05, 3.63) is 0 Å². The van der Waals surface area contributed by atoms with Crippen LogP contribution in [-0.4, -0.2) is 85.0 Å². The molecule has 0 radical (unpaired) electrons. The van der Waals surface area contributed by atoms with Gasteiger partial charge in [-0.15, -0.1) is 11.6 Å². The van der Waals surface area contributed by atoms with E-state index in [1.807, 2.05) is 0 Å². The van der Waals surface area contributed by atoms with Gasteiger partial charge < -0.3 is 28.4 Å². The first kappa shape index (κ1) is 24.6. The van der Waals surface area contributed by atoms with E-state index >= 15 is 0 Å². The second kappa shape index (κ2) is 21.6. The summed E-state index contributed by atoms with van der Waals surface area (Å²) in [5.41, 5.74) is 0. The molecule has 0 unspecified atom stereocenters. The van der Waals surface area contributed by atoms with Crippen molar-refractivity contribution < 1.29 is 33.2 Å². The summed E-state index contributed by atoms with van der Waals surface area (Å²) >= 11 is 5.61. The molecule has 8 heteroatoms. The predicted molar refractivity (Wildman–Crippen MR) is 95.3 cm³/mol. The third-order valence-corrected chi connectivity index (χ3v) is 3.38. The van der Waals surface area contributed by atoms with Gasteiger partial charge in [-0.2, -0.15) is 0 Å². The standard InChI is InChI=1S/C17H33ClO7/c1-20-17(19)16-25-15-14-24-13-12-23-11-10-22-9-8-21-7-5-3-2-4-6-18/h2-16H2,1H3. The molecule has 150 valence electrons. The summed E-state index contributed by atoms with van der Waals surface area (Å²) in [7, 11) is 1.32. The SMILES string of the molecule is COC(=O)COCCOCCOCCOCCOCCCCCCCl. The third-order valence-electron chi connectivity index (χ3n) is 3.11. The van der Waals surface area contributed by atoms with Crippen LogP contribution in [0.3, 0.4) is 0 Å². The van der Waals surface area contributed by atoms with Crippen molar-refractivity contribution in [1.29, 1.82) is 0 Å². The first-order chi connectivity index (χ1) is 12.3. The van der Waals surface area contributed by atoms with Crippen LogP contribution in [0, 0.1) is 0 Å². The summed E-state index contributed by atoms with van der Waals surface area (Å²) in [6, 6.07) is 0. The number of rotatable bonds is 20. The topological polar surface area (TPSA) is 72.5 Å². The van der Waals surface area contributed by atoms with Gasteiger partial charge in [-0.1, -0.05) is 12.8 Å². The minimum Gasteiger partial charge on any atom is -0.467 e. The number of carbonyl (C=O) groups excluding carboxylic acids is 1. The van der Waals surface area contributed by atoms with Crippen molar-refractivity contribution in [3.63, 3.8) is 0 Å². The quantitative estimate of drug-likeness (QED) is 0.181. The molecule has 25 heavy (non-hydrogen) atoms. The Morgan fingerprint density at radius 1 is 0.640 bits per heavy atom. The molecule has 0 amide bonds. The number of hydrogen-bond donors (Lipinski definition) is 0. The molecule has 0 atom stereocenters. The van der Waals surface area contributed by atoms with Crippen LogP contribution >= 0.6 is 11.6 Å². The van der Waals surface area contributed by atoms with Crippen LogP contribution < -0.4 is 0 Å². The lowest BCUT2D eigenvalue weighted by Gasteiger charge is -2.07.